The lowest BCUT2D eigenvalue weighted by Crippen LogP contribution is -2.13. The third-order valence-corrected chi connectivity index (χ3v) is 9.75. The van der Waals surface area contributed by atoms with E-state index in [1.54, 1.807) is 0 Å². The second-order valence-corrected chi connectivity index (χ2v) is 15.0. The standard InChI is InChI=1S/C40H83O10P/c1-3-5-7-9-11-13-15-17-19-21-23-25-27-43-29-31-45-33-35-47-37-39-49-51(41,42)50-40-38-48-36-34-46-32-30-44-28-26-24-22-20-18-16-14-12-10-8-6-4-2/h3-40H2,1-2H3,(H,41,42). The number of hydrogen-bond donors (Lipinski definition) is 1. The Labute approximate surface area is 314 Å². The van der Waals surface area contributed by atoms with E-state index in [1.807, 2.05) is 0 Å². The van der Waals surface area contributed by atoms with Gasteiger partial charge in [0.2, 0.25) is 0 Å². The second-order valence-electron chi connectivity index (χ2n) is 13.6. The van der Waals surface area contributed by atoms with Crippen LogP contribution >= 0.6 is 7.82 Å². The molecule has 0 atom stereocenters. The van der Waals surface area contributed by atoms with Crippen molar-refractivity contribution in [2.75, 3.05) is 92.5 Å². The SMILES string of the molecule is CCCCCCCCCCCCCCOCCOCCOCCOP(=O)(O)OCCOCCOCCOCCCCCCCCCCCCCC. The van der Waals surface area contributed by atoms with Gasteiger partial charge < -0.3 is 33.3 Å². The van der Waals surface area contributed by atoms with E-state index in [1.165, 1.54) is 141 Å². The van der Waals surface area contributed by atoms with Crippen LogP contribution in [0.3, 0.4) is 0 Å². The van der Waals surface area contributed by atoms with Gasteiger partial charge >= 0.3 is 7.82 Å². The first-order chi connectivity index (χ1) is 25.1. The Hall–Kier alpha value is -0.130. The maximum atomic E-state index is 12.0. The summed E-state index contributed by atoms with van der Waals surface area (Å²) >= 11 is 0. The molecule has 0 aliphatic rings. The van der Waals surface area contributed by atoms with E-state index < -0.39 is 7.82 Å². The van der Waals surface area contributed by atoms with E-state index in [9.17, 15) is 9.46 Å². The summed E-state index contributed by atoms with van der Waals surface area (Å²) in [6, 6.07) is 0. The molecule has 0 amide bonds. The molecule has 0 aliphatic carbocycles. The Morgan fingerprint density at radius 3 is 0.745 bits per heavy atom. The van der Waals surface area contributed by atoms with Gasteiger partial charge in [-0.3, -0.25) is 9.05 Å². The molecular weight excluding hydrogens is 671 g/mol. The highest BCUT2D eigenvalue weighted by atomic mass is 31.2. The highest BCUT2D eigenvalue weighted by Crippen LogP contribution is 2.42. The number of phosphoric ester groups is 1. The van der Waals surface area contributed by atoms with Gasteiger partial charge in [-0.2, -0.15) is 0 Å². The van der Waals surface area contributed by atoms with Crippen molar-refractivity contribution >= 4 is 7.82 Å². The zero-order valence-electron chi connectivity index (χ0n) is 33.4. The van der Waals surface area contributed by atoms with Crippen molar-refractivity contribution in [3.05, 3.63) is 0 Å². The fourth-order valence-corrected chi connectivity index (χ4v) is 6.32. The van der Waals surface area contributed by atoms with Gasteiger partial charge in [-0.1, -0.05) is 155 Å². The van der Waals surface area contributed by atoms with E-state index in [-0.39, 0.29) is 26.4 Å². The van der Waals surface area contributed by atoms with E-state index >= 15 is 0 Å². The van der Waals surface area contributed by atoms with Crippen LogP contribution in [0.5, 0.6) is 0 Å². The normalized spacial score (nSPS) is 12.0. The van der Waals surface area contributed by atoms with Gasteiger partial charge in [0.15, 0.2) is 0 Å². The zero-order chi connectivity index (χ0) is 37.0. The molecule has 51 heavy (non-hydrogen) atoms. The van der Waals surface area contributed by atoms with Crippen molar-refractivity contribution in [1.29, 1.82) is 0 Å². The highest BCUT2D eigenvalue weighted by Gasteiger charge is 2.20. The van der Waals surface area contributed by atoms with Crippen LogP contribution in [-0.2, 0) is 42.0 Å². The first-order valence-corrected chi connectivity index (χ1v) is 22.7. The molecule has 0 saturated carbocycles. The second kappa shape index (κ2) is 44.3. The topological polar surface area (TPSA) is 111 Å². The largest absolute Gasteiger partial charge is 0.472 e. The molecule has 0 heterocycles. The average Bonchev–Trinajstić information content (AvgIpc) is 3.12. The van der Waals surface area contributed by atoms with E-state index in [4.69, 9.17) is 37.5 Å². The molecule has 0 radical (unpaired) electrons. The maximum Gasteiger partial charge on any atom is 0.472 e. The Bertz CT molecular complexity index is 636. The van der Waals surface area contributed by atoms with Crippen LogP contribution in [-0.4, -0.2) is 97.4 Å². The van der Waals surface area contributed by atoms with Crippen molar-refractivity contribution in [2.45, 2.75) is 168 Å². The van der Waals surface area contributed by atoms with Gasteiger partial charge in [0, 0.05) is 13.2 Å². The van der Waals surface area contributed by atoms with Crippen LogP contribution < -0.4 is 0 Å². The molecule has 0 saturated heterocycles. The third kappa shape index (κ3) is 46.0. The lowest BCUT2D eigenvalue weighted by Gasteiger charge is -2.12. The first-order valence-electron chi connectivity index (χ1n) is 21.2. The molecule has 11 heteroatoms. The van der Waals surface area contributed by atoms with Crippen molar-refractivity contribution in [3.8, 4) is 0 Å². The minimum absolute atomic E-state index is 0.0496. The predicted octanol–water partition coefficient (Wildman–Crippen LogP) is 10.6. The molecule has 308 valence electrons. The van der Waals surface area contributed by atoms with Crippen molar-refractivity contribution < 1.29 is 46.9 Å². The Kier molecular flexibility index (Phi) is 44.2. The fourth-order valence-electron chi connectivity index (χ4n) is 5.63. The maximum absolute atomic E-state index is 12.0. The van der Waals surface area contributed by atoms with Crippen LogP contribution in [0.1, 0.15) is 168 Å². The molecule has 0 spiro atoms. The van der Waals surface area contributed by atoms with Gasteiger partial charge in [-0.15, -0.1) is 0 Å². The summed E-state index contributed by atoms with van der Waals surface area (Å²) < 4.78 is 54.8. The van der Waals surface area contributed by atoms with Gasteiger partial charge in [0.25, 0.3) is 0 Å². The summed E-state index contributed by atoms with van der Waals surface area (Å²) in [5.74, 6) is 0. The summed E-state index contributed by atoms with van der Waals surface area (Å²) in [5, 5.41) is 0. The lowest BCUT2D eigenvalue weighted by atomic mass is 10.1. The van der Waals surface area contributed by atoms with Crippen LogP contribution in [0.15, 0.2) is 0 Å². The monoisotopic (exact) mass is 755 g/mol. The Morgan fingerprint density at radius 2 is 0.490 bits per heavy atom. The van der Waals surface area contributed by atoms with Crippen LogP contribution in [0.25, 0.3) is 0 Å². The Balaban J connectivity index is 3.24. The summed E-state index contributed by atoms with van der Waals surface area (Å²) in [4.78, 5) is 9.77. The minimum Gasteiger partial charge on any atom is -0.379 e. The third-order valence-electron chi connectivity index (χ3n) is 8.74. The Morgan fingerprint density at radius 1 is 0.294 bits per heavy atom. The summed E-state index contributed by atoms with van der Waals surface area (Å²) in [6.07, 6.45) is 32.1. The molecular formula is C40H83O10P. The minimum atomic E-state index is -4.14. The lowest BCUT2D eigenvalue weighted by molar-refractivity contribution is 0.000937. The van der Waals surface area contributed by atoms with Gasteiger partial charge in [0.05, 0.1) is 79.3 Å². The number of rotatable bonds is 46. The molecule has 0 rings (SSSR count). The van der Waals surface area contributed by atoms with E-state index in [2.05, 4.69) is 13.8 Å². The molecule has 0 aliphatic heterocycles. The van der Waals surface area contributed by atoms with Gasteiger partial charge in [-0.25, -0.2) is 4.57 Å². The van der Waals surface area contributed by atoms with E-state index in [0.717, 1.165) is 26.1 Å². The molecule has 10 nitrogen and oxygen atoms in total. The zero-order valence-corrected chi connectivity index (χ0v) is 34.3. The average molecular weight is 755 g/mol. The van der Waals surface area contributed by atoms with Crippen LogP contribution in [0.4, 0.5) is 0 Å². The molecule has 0 aromatic carbocycles. The molecule has 0 bridgehead atoms. The smallest absolute Gasteiger partial charge is 0.379 e. The molecule has 0 fully saturated rings. The number of ether oxygens (including phenoxy) is 6. The number of phosphoric acid groups is 1. The fraction of sp³-hybridized carbons (Fsp3) is 1.00. The summed E-state index contributed by atoms with van der Waals surface area (Å²) in [5.41, 5.74) is 0. The van der Waals surface area contributed by atoms with E-state index in [0.29, 0.717) is 52.9 Å². The quantitative estimate of drug-likeness (QED) is 0.0476. The number of unbranched alkanes of at least 4 members (excludes halogenated alkanes) is 22. The van der Waals surface area contributed by atoms with Crippen molar-refractivity contribution in [2.24, 2.45) is 0 Å². The molecule has 1 N–H and O–H groups in total. The molecule has 0 aromatic rings. The van der Waals surface area contributed by atoms with Crippen molar-refractivity contribution in [3.63, 3.8) is 0 Å². The first kappa shape index (κ1) is 50.9. The van der Waals surface area contributed by atoms with Crippen molar-refractivity contribution in [1.82, 2.24) is 0 Å². The highest BCUT2D eigenvalue weighted by molar-refractivity contribution is 7.47. The number of hydrogen-bond acceptors (Lipinski definition) is 9. The molecule has 0 unspecified atom stereocenters. The predicted molar refractivity (Wildman–Crippen MR) is 209 cm³/mol. The summed E-state index contributed by atoms with van der Waals surface area (Å²) in [6.45, 7) is 10.2. The van der Waals surface area contributed by atoms with Gasteiger partial charge in [0.1, 0.15) is 0 Å². The van der Waals surface area contributed by atoms with Crippen LogP contribution in [0.2, 0.25) is 0 Å². The van der Waals surface area contributed by atoms with Crippen LogP contribution in [0, 0.1) is 0 Å². The molecule has 0 aromatic heterocycles. The summed E-state index contributed by atoms with van der Waals surface area (Å²) in [7, 11) is -4.14. The van der Waals surface area contributed by atoms with Gasteiger partial charge in [-0.05, 0) is 12.8 Å².